The number of halogens is 5. The quantitative estimate of drug-likeness (QED) is 0.753. The molecular weight excluding hydrogens is 234 g/mol. The first-order valence-electron chi connectivity index (χ1n) is 3.94. The molecule has 0 aliphatic heterocycles. The van der Waals surface area contributed by atoms with Crippen LogP contribution in [-0.2, 0) is 6.18 Å². The van der Waals surface area contributed by atoms with Gasteiger partial charge in [0.1, 0.15) is 5.82 Å². The Morgan fingerprint density at radius 3 is 2.13 bits per heavy atom. The van der Waals surface area contributed by atoms with E-state index in [1.165, 1.54) is 6.92 Å². The van der Waals surface area contributed by atoms with Crippen molar-refractivity contribution in [2.24, 2.45) is 5.73 Å². The van der Waals surface area contributed by atoms with E-state index in [-0.39, 0.29) is 18.0 Å². The predicted molar refractivity (Wildman–Crippen MR) is 51.3 cm³/mol. The first-order chi connectivity index (χ1) is 6.32. The van der Waals surface area contributed by atoms with Gasteiger partial charge in [0.25, 0.3) is 0 Å². The molecule has 0 aromatic heterocycles. The molecule has 0 spiro atoms. The molecule has 0 aliphatic carbocycles. The Balaban J connectivity index is 0.00000196. The fourth-order valence-electron chi connectivity index (χ4n) is 1.07. The van der Waals surface area contributed by atoms with Crippen LogP contribution < -0.4 is 5.73 Å². The molecule has 86 valence electrons. The Kier molecular flexibility index (Phi) is 4.55. The van der Waals surface area contributed by atoms with Gasteiger partial charge in [0.15, 0.2) is 0 Å². The molecule has 1 nitrogen and oxygen atoms in total. The molecule has 2 N–H and O–H groups in total. The number of hydrogen-bond acceptors (Lipinski definition) is 1. The number of alkyl halides is 3. The summed E-state index contributed by atoms with van der Waals surface area (Å²) >= 11 is 0. The summed E-state index contributed by atoms with van der Waals surface area (Å²) in [6.07, 6.45) is -4.52. The second-order valence-corrected chi connectivity index (χ2v) is 3.02. The average molecular weight is 244 g/mol. The van der Waals surface area contributed by atoms with Crippen LogP contribution in [0.5, 0.6) is 0 Å². The van der Waals surface area contributed by atoms with Crippen molar-refractivity contribution in [2.75, 3.05) is 0 Å². The van der Waals surface area contributed by atoms with E-state index in [0.29, 0.717) is 6.07 Å². The zero-order valence-electron chi connectivity index (χ0n) is 7.81. The fraction of sp³-hybridized carbons (Fsp3) is 0.333. The maximum absolute atomic E-state index is 13.1. The molecular formula is C9H10ClF4N. The second kappa shape index (κ2) is 4.81. The molecule has 1 rings (SSSR count). The topological polar surface area (TPSA) is 26.0 Å². The third-order valence-corrected chi connectivity index (χ3v) is 1.82. The Bertz CT molecular complexity index is 335. The van der Waals surface area contributed by atoms with Crippen molar-refractivity contribution < 1.29 is 17.6 Å². The Morgan fingerprint density at radius 2 is 1.80 bits per heavy atom. The van der Waals surface area contributed by atoms with Crippen molar-refractivity contribution in [1.82, 2.24) is 0 Å². The summed E-state index contributed by atoms with van der Waals surface area (Å²) in [5, 5.41) is 0. The minimum atomic E-state index is -4.52. The van der Waals surface area contributed by atoms with Crippen LogP contribution in [0.1, 0.15) is 24.1 Å². The smallest absolute Gasteiger partial charge is 0.324 e. The lowest BCUT2D eigenvalue weighted by Gasteiger charge is -2.10. The average Bonchev–Trinajstić information content (AvgIpc) is 2.01. The molecule has 0 heterocycles. The molecule has 0 radical (unpaired) electrons. The predicted octanol–water partition coefficient (Wildman–Crippen LogP) is 3.29. The van der Waals surface area contributed by atoms with E-state index in [4.69, 9.17) is 5.73 Å². The first kappa shape index (κ1) is 14.2. The van der Waals surface area contributed by atoms with E-state index in [1.807, 2.05) is 0 Å². The number of hydrogen-bond donors (Lipinski definition) is 1. The normalized spacial score (nSPS) is 13.2. The van der Waals surface area contributed by atoms with Crippen LogP contribution in [0.2, 0.25) is 0 Å². The van der Waals surface area contributed by atoms with E-state index in [9.17, 15) is 17.6 Å². The van der Waals surface area contributed by atoms with Crippen LogP contribution in [0, 0.1) is 5.82 Å². The maximum Gasteiger partial charge on any atom is 0.416 e. The molecule has 0 saturated carbocycles. The van der Waals surface area contributed by atoms with E-state index < -0.39 is 23.6 Å². The molecule has 1 aromatic carbocycles. The maximum atomic E-state index is 13.1. The summed E-state index contributed by atoms with van der Waals surface area (Å²) in [4.78, 5) is 0. The summed E-state index contributed by atoms with van der Waals surface area (Å²) in [6, 6.07) is 1.72. The lowest BCUT2D eigenvalue weighted by Crippen LogP contribution is -2.10. The first-order valence-corrected chi connectivity index (χ1v) is 3.94. The molecule has 0 aliphatic rings. The van der Waals surface area contributed by atoms with Crippen molar-refractivity contribution >= 4 is 12.4 Å². The zero-order valence-corrected chi connectivity index (χ0v) is 8.62. The van der Waals surface area contributed by atoms with Gasteiger partial charge in [0.05, 0.1) is 5.56 Å². The second-order valence-electron chi connectivity index (χ2n) is 3.02. The van der Waals surface area contributed by atoms with Crippen LogP contribution in [0.25, 0.3) is 0 Å². The molecule has 1 atom stereocenters. The summed E-state index contributed by atoms with van der Waals surface area (Å²) in [5.74, 6) is -0.921. The Morgan fingerprint density at radius 1 is 1.27 bits per heavy atom. The third kappa shape index (κ3) is 3.35. The van der Waals surface area contributed by atoms with Gasteiger partial charge >= 0.3 is 6.18 Å². The highest BCUT2D eigenvalue weighted by molar-refractivity contribution is 5.85. The lowest BCUT2D eigenvalue weighted by atomic mass is 10.1. The molecule has 15 heavy (non-hydrogen) atoms. The molecule has 0 amide bonds. The van der Waals surface area contributed by atoms with Gasteiger partial charge in [-0.15, -0.1) is 12.4 Å². The standard InChI is InChI=1S/C9H9F4N.ClH/c1-5(14)7-3-2-6(4-8(7)10)9(11,12)13;/h2-5H,14H2,1H3;1H/t5-;/m1./s1. The van der Waals surface area contributed by atoms with Gasteiger partial charge < -0.3 is 5.73 Å². The number of nitrogens with two attached hydrogens (primary N) is 1. The molecule has 6 heteroatoms. The highest BCUT2D eigenvalue weighted by Crippen LogP contribution is 2.30. The van der Waals surface area contributed by atoms with Crippen LogP contribution in [0.3, 0.4) is 0 Å². The molecule has 0 bridgehead atoms. The van der Waals surface area contributed by atoms with Gasteiger partial charge in [-0.1, -0.05) is 6.07 Å². The monoisotopic (exact) mass is 243 g/mol. The largest absolute Gasteiger partial charge is 0.416 e. The van der Waals surface area contributed by atoms with E-state index in [0.717, 1.165) is 12.1 Å². The summed E-state index contributed by atoms with van der Waals surface area (Å²) in [5.41, 5.74) is 4.43. The van der Waals surface area contributed by atoms with Crippen molar-refractivity contribution in [2.45, 2.75) is 19.1 Å². The van der Waals surface area contributed by atoms with Crippen LogP contribution in [0.15, 0.2) is 18.2 Å². The Hall–Kier alpha value is -0.810. The molecule has 0 saturated heterocycles. The minimum absolute atomic E-state index is 0. The molecule has 0 unspecified atom stereocenters. The third-order valence-electron chi connectivity index (χ3n) is 1.82. The highest BCUT2D eigenvalue weighted by Gasteiger charge is 2.31. The lowest BCUT2D eigenvalue weighted by molar-refractivity contribution is -0.137. The fourth-order valence-corrected chi connectivity index (χ4v) is 1.07. The summed E-state index contributed by atoms with van der Waals surface area (Å²) in [7, 11) is 0. The highest BCUT2D eigenvalue weighted by atomic mass is 35.5. The molecule has 1 aromatic rings. The Labute approximate surface area is 90.7 Å². The van der Waals surface area contributed by atoms with Gasteiger partial charge in [-0.25, -0.2) is 4.39 Å². The van der Waals surface area contributed by atoms with Crippen LogP contribution in [-0.4, -0.2) is 0 Å². The van der Waals surface area contributed by atoms with Crippen molar-refractivity contribution in [3.63, 3.8) is 0 Å². The van der Waals surface area contributed by atoms with Gasteiger partial charge in [-0.2, -0.15) is 13.2 Å². The van der Waals surface area contributed by atoms with Gasteiger partial charge in [0.2, 0.25) is 0 Å². The van der Waals surface area contributed by atoms with E-state index in [2.05, 4.69) is 0 Å². The van der Waals surface area contributed by atoms with Crippen molar-refractivity contribution in [1.29, 1.82) is 0 Å². The van der Waals surface area contributed by atoms with Crippen molar-refractivity contribution in [3.8, 4) is 0 Å². The number of benzene rings is 1. The SMILES string of the molecule is C[C@@H](N)c1ccc(C(F)(F)F)cc1F.Cl. The molecule has 0 fully saturated rings. The van der Waals surface area contributed by atoms with E-state index >= 15 is 0 Å². The van der Waals surface area contributed by atoms with Gasteiger partial charge in [-0.3, -0.25) is 0 Å². The van der Waals surface area contributed by atoms with Crippen molar-refractivity contribution in [3.05, 3.63) is 35.1 Å². The van der Waals surface area contributed by atoms with Gasteiger partial charge in [-0.05, 0) is 19.1 Å². The van der Waals surface area contributed by atoms with Crippen LogP contribution >= 0.6 is 12.4 Å². The summed E-state index contributed by atoms with van der Waals surface area (Å²) in [6.45, 7) is 1.51. The van der Waals surface area contributed by atoms with Crippen LogP contribution in [0.4, 0.5) is 17.6 Å². The summed E-state index contributed by atoms with van der Waals surface area (Å²) < 4.78 is 49.4. The minimum Gasteiger partial charge on any atom is -0.324 e. The van der Waals surface area contributed by atoms with E-state index in [1.54, 1.807) is 0 Å². The zero-order chi connectivity index (χ0) is 10.9. The number of rotatable bonds is 1. The van der Waals surface area contributed by atoms with Gasteiger partial charge in [0, 0.05) is 11.6 Å².